The number of ether oxygens (including phenoxy) is 1. The number of hydrogen-bond donors (Lipinski definition) is 2. The zero-order valence-corrected chi connectivity index (χ0v) is 23.2. The first-order chi connectivity index (χ1) is 19.3. The Bertz CT molecular complexity index is 1640. The molecule has 3 N–H and O–H groups in total. The molecule has 4 rings (SSSR count). The molecule has 1 aliphatic heterocycles. The Hall–Kier alpha value is -3.95. The molecule has 0 unspecified atom stereocenters. The Morgan fingerprint density at radius 2 is 1.66 bits per heavy atom. The lowest BCUT2D eigenvalue weighted by molar-refractivity contribution is -0.137. The summed E-state index contributed by atoms with van der Waals surface area (Å²) in [7, 11) is -6.85. The largest absolute Gasteiger partial charge is 0.497 e. The van der Waals surface area contributed by atoms with Crippen molar-refractivity contribution in [3.05, 3.63) is 95.6 Å². The number of nitrogens with two attached hydrogens (primary N) is 1. The number of aliphatic imine (C=N–C) groups is 1. The summed E-state index contributed by atoms with van der Waals surface area (Å²) in [5.74, 6) is -0.625. The number of rotatable bonds is 8. The van der Waals surface area contributed by atoms with Gasteiger partial charge >= 0.3 is 6.18 Å². The van der Waals surface area contributed by atoms with E-state index in [4.69, 9.17) is 9.88 Å². The molecular formula is C26H26F3N5O5S2. The Labute approximate surface area is 235 Å². The summed E-state index contributed by atoms with van der Waals surface area (Å²) in [6.07, 6.45) is -4.65. The smallest absolute Gasteiger partial charge is 0.416 e. The molecule has 3 aromatic rings. The van der Waals surface area contributed by atoms with Crippen LogP contribution in [-0.2, 0) is 26.2 Å². The normalized spacial score (nSPS) is 16.4. The fourth-order valence-electron chi connectivity index (χ4n) is 4.05. The lowest BCUT2D eigenvalue weighted by Gasteiger charge is -2.20. The van der Waals surface area contributed by atoms with Crippen molar-refractivity contribution >= 4 is 31.7 Å². The van der Waals surface area contributed by atoms with Crippen molar-refractivity contribution in [1.29, 1.82) is 0 Å². The molecule has 1 atom stereocenters. The SMILES string of the molecule is COc1ccc(C2=NN(C(=NCCS(N)(=O)=O)NS(=O)(=O)c3ccc(C(F)(F)F)cc3)C[C@@H]2c2ccccc2)cc1. The lowest BCUT2D eigenvalue weighted by Crippen LogP contribution is -2.41. The molecule has 0 radical (unpaired) electrons. The van der Waals surface area contributed by atoms with E-state index in [1.807, 2.05) is 30.3 Å². The molecule has 0 amide bonds. The summed E-state index contributed by atoms with van der Waals surface area (Å²) in [6, 6.07) is 19.3. The minimum Gasteiger partial charge on any atom is -0.497 e. The fraction of sp³-hybridized carbons (Fsp3) is 0.231. The summed E-state index contributed by atoms with van der Waals surface area (Å²) < 4.78 is 95.9. The van der Waals surface area contributed by atoms with E-state index in [1.165, 1.54) is 12.1 Å². The van der Waals surface area contributed by atoms with Gasteiger partial charge in [-0.2, -0.15) is 18.3 Å². The van der Waals surface area contributed by atoms with Crippen molar-refractivity contribution in [2.45, 2.75) is 17.0 Å². The molecule has 15 heteroatoms. The number of guanidine groups is 1. The highest BCUT2D eigenvalue weighted by atomic mass is 32.2. The average molecular weight is 610 g/mol. The molecule has 0 saturated carbocycles. The van der Waals surface area contributed by atoms with Gasteiger partial charge in [-0.1, -0.05) is 30.3 Å². The van der Waals surface area contributed by atoms with Crippen molar-refractivity contribution in [3.8, 4) is 5.75 Å². The summed E-state index contributed by atoms with van der Waals surface area (Å²) in [5.41, 5.74) is 1.15. The van der Waals surface area contributed by atoms with Crippen LogP contribution in [0.15, 0.2) is 93.9 Å². The third-order valence-electron chi connectivity index (χ3n) is 6.10. The molecule has 1 aliphatic rings. The second kappa shape index (κ2) is 11.9. The molecule has 41 heavy (non-hydrogen) atoms. The molecule has 0 fully saturated rings. The van der Waals surface area contributed by atoms with Crippen LogP contribution in [0, 0.1) is 0 Å². The van der Waals surface area contributed by atoms with E-state index >= 15 is 0 Å². The third kappa shape index (κ3) is 7.62. The number of nitrogens with one attached hydrogen (secondary N) is 1. The van der Waals surface area contributed by atoms with Crippen LogP contribution in [0.3, 0.4) is 0 Å². The van der Waals surface area contributed by atoms with Gasteiger partial charge in [-0.3, -0.25) is 0 Å². The van der Waals surface area contributed by atoms with E-state index in [0.29, 0.717) is 23.6 Å². The van der Waals surface area contributed by atoms with Crippen LogP contribution in [-0.4, -0.2) is 59.5 Å². The van der Waals surface area contributed by atoms with Crippen LogP contribution >= 0.6 is 0 Å². The number of primary sulfonamides is 1. The van der Waals surface area contributed by atoms with Gasteiger partial charge in [0.05, 0.1) is 42.1 Å². The second-order valence-corrected chi connectivity index (χ2v) is 12.4. The molecule has 0 bridgehead atoms. The summed E-state index contributed by atoms with van der Waals surface area (Å²) in [4.78, 5) is 3.67. The minimum atomic E-state index is -4.65. The summed E-state index contributed by atoms with van der Waals surface area (Å²) in [5, 5.41) is 11.0. The molecule has 3 aromatic carbocycles. The predicted octanol–water partition coefficient (Wildman–Crippen LogP) is 3.14. The first-order valence-electron chi connectivity index (χ1n) is 12.1. The quantitative estimate of drug-likeness (QED) is 0.297. The zero-order valence-electron chi connectivity index (χ0n) is 21.6. The van der Waals surface area contributed by atoms with Gasteiger partial charge in [-0.05, 0) is 59.7 Å². The number of hydrogen-bond acceptors (Lipinski definition) is 7. The van der Waals surface area contributed by atoms with Crippen molar-refractivity contribution in [2.75, 3.05) is 26.0 Å². The van der Waals surface area contributed by atoms with E-state index in [-0.39, 0.29) is 18.4 Å². The monoisotopic (exact) mass is 609 g/mol. The lowest BCUT2D eigenvalue weighted by atomic mass is 9.90. The van der Waals surface area contributed by atoms with E-state index < -0.39 is 49.0 Å². The Morgan fingerprint density at radius 3 is 2.22 bits per heavy atom. The van der Waals surface area contributed by atoms with E-state index in [1.54, 1.807) is 24.3 Å². The topological polar surface area (TPSA) is 144 Å². The van der Waals surface area contributed by atoms with Crippen LogP contribution in [0.25, 0.3) is 0 Å². The Balaban J connectivity index is 1.72. The molecule has 1 heterocycles. The predicted molar refractivity (Wildman–Crippen MR) is 147 cm³/mol. The first-order valence-corrected chi connectivity index (χ1v) is 15.3. The highest BCUT2D eigenvalue weighted by Crippen LogP contribution is 2.31. The Morgan fingerprint density at radius 1 is 1.02 bits per heavy atom. The number of alkyl halides is 3. The highest BCUT2D eigenvalue weighted by molar-refractivity contribution is 7.90. The van der Waals surface area contributed by atoms with Gasteiger partial charge < -0.3 is 4.74 Å². The van der Waals surface area contributed by atoms with Crippen molar-refractivity contribution in [3.63, 3.8) is 0 Å². The van der Waals surface area contributed by atoms with Crippen LogP contribution in [0.5, 0.6) is 5.75 Å². The molecule has 0 saturated heterocycles. The van der Waals surface area contributed by atoms with Crippen LogP contribution < -0.4 is 14.6 Å². The molecule has 218 valence electrons. The van der Waals surface area contributed by atoms with Crippen molar-refractivity contribution in [1.82, 2.24) is 9.73 Å². The van der Waals surface area contributed by atoms with Gasteiger partial charge in [0.15, 0.2) is 0 Å². The van der Waals surface area contributed by atoms with Gasteiger partial charge in [0, 0.05) is 5.92 Å². The molecule has 0 spiro atoms. The van der Waals surface area contributed by atoms with Crippen LogP contribution in [0.1, 0.15) is 22.6 Å². The van der Waals surface area contributed by atoms with Crippen molar-refractivity contribution < 1.29 is 34.7 Å². The van der Waals surface area contributed by atoms with Gasteiger partial charge in [0.1, 0.15) is 5.75 Å². The zero-order chi connectivity index (χ0) is 29.8. The van der Waals surface area contributed by atoms with E-state index in [2.05, 4.69) is 14.8 Å². The van der Waals surface area contributed by atoms with Gasteiger partial charge in [-0.15, -0.1) is 0 Å². The molecule has 0 aromatic heterocycles. The number of methoxy groups -OCH3 is 1. The minimum absolute atomic E-state index is 0.120. The summed E-state index contributed by atoms with van der Waals surface area (Å²) in [6.45, 7) is -0.279. The molecular weight excluding hydrogens is 583 g/mol. The van der Waals surface area contributed by atoms with Crippen molar-refractivity contribution in [2.24, 2.45) is 15.2 Å². The number of benzene rings is 3. The highest BCUT2D eigenvalue weighted by Gasteiger charge is 2.34. The maximum atomic E-state index is 13.2. The third-order valence-corrected chi connectivity index (χ3v) is 8.20. The van der Waals surface area contributed by atoms with Crippen LogP contribution in [0.4, 0.5) is 13.2 Å². The number of halogens is 3. The van der Waals surface area contributed by atoms with Gasteiger partial charge in [0.25, 0.3) is 10.0 Å². The average Bonchev–Trinajstić information content (AvgIpc) is 3.37. The Kier molecular flexibility index (Phi) is 8.70. The fourth-order valence-corrected chi connectivity index (χ4v) is 5.42. The van der Waals surface area contributed by atoms with E-state index in [0.717, 1.165) is 23.3 Å². The van der Waals surface area contributed by atoms with E-state index in [9.17, 15) is 30.0 Å². The maximum absolute atomic E-state index is 13.2. The second-order valence-electron chi connectivity index (χ2n) is 8.96. The molecule has 10 nitrogen and oxygen atoms in total. The maximum Gasteiger partial charge on any atom is 0.416 e. The number of nitrogens with zero attached hydrogens (tertiary/aromatic N) is 3. The summed E-state index contributed by atoms with van der Waals surface area (Å²) >= 11 is 0. The van der Waals surface area contributed by atoms with Gasteiger partial charge in [0.2, 0.25) is 16.0 Å². The first kappa shape index (κ1) is 30.0. The number of hydrazone groups is 1. The molecule has 0 aliphatic carbocycles. The number of sulfonamides is 2. The van der Waals surface area contributed by atoms with Crippen LogP contribution in [0.2, 0.25) is 0 Å². The van der Waals surface area contributed by atoms with Gasteiger partial charge in [-0.25, -0.2) is 36.7 Å². The standard InChI is InChI=1S/C26H26F3N5O5S2/c1-39-21-11-7-19(8-12-21)24-23(18-5-3-2-4-6-18)17-34(32-24)25(31-15-16-40(30,35)36)33-41(37,38)22-13-9-20(10-14-22)26(27,28)29/h2-14,23H,15-17H2,1H3,(H,31,33)(H2,30,35,36)/t23-/m1/s1.